The summed E-state index contributed by atoms with van der Waals surface area (Å²) in [5.74, 6) is 4.87. The molecule has 13 heteroatoms. The van der Waals surface area contributed by atoms with Gasteiger partial charge in [0.25, 0.3) is 0 Å². The van der Waals surface area contributed by atoms with E-state index in [1.807, 2.05) is 18.2 Å². The number of benzene rings is 1. The molecule has 0 bridgehead atoms. The second-order valence-corrected chi connectivity index (χ2v) is 20.6. The van der Waals surface area contributed by atoms with Gasteiger partial charge in [-0.15, -0.1) is 0 Å². The first-order chi connectivity index (χ1) is 31.2. The molecular formula is C52H86N8O5. The van der Waals surface area contributed by atoms with Crippen molar-refractivity contribution in [1.29, 1.82) is 0 Å². The van der Waals surface area contributed by atoms with E-state index in [4.69, 9.17) is 31.4 Å². The maximum Gasteiger partial charge on any atom is 0.407 e. The lowest BCUT2D eigenvalue weighted by molar-refractivity contribution is -0.122. The van der Waals surface area contributed by atoms with Crippen molar-refractivity contribution < 1.29 is 23.8 Å². The third kappa shape index (κ3) is 15.5. The molecule has 0 heterocycles. The molecule has 4 aliphatic carbocycles. The third-order valence-corrected chi connectivity index (χ3v) is 15.6. The normalized spacial score (nSPS) is 27.4. The Balaban J connectivity index is 1.02. The fraction of sp³-hybridized carbons (Fsp3) is 0.731. The van der Waals surface area contributed by atoms with Crippen molar-refractivity contribution in [3.8, 4) is 0 Å². The van der Waals surface area contributed by atoms with Crippen LogP contribution >= 0.6 is 0 Å². The highest BCUT2D eigenvalue weighted by molar-refractivity contribution is 5.86. The minimum atomic E-state index is -0.665. The molecule has 3 fully saturated rings. The largest absolute Gasteiger partial charge is 0.446 e. The van der Waals surface area contributed by atoms with Crippen LogP contribution in [0.15, 0.2) is 64.4 Å². The van der Waals surface area contributed by atoms with Gasteiger partial charge in [0.05, 0.1) is 44.8 Å². The highest BCUT2D eigenvalue weighted by atomic mass is 16.6. The molecule has 9 N–H and O–H groups in total. The topological polar surface area (TPSA) is 201 Å². The number of hydrogen-bond donors (Lipinski definition) is 6. The van der Waals surface area contributed by atoms with E-state index < -0.39 is 6.04 Å². The van der Waals surface area contributed by atoms with E-state index in [-0.39, 0.29) is 35.5 Å². The van der Waals surface area contributed by atoms with Gasteiger partial charge in [0.2, 0.25) is 5.91 Å². The van der Waals surface area contributed by atoms with E-state index in [9.17, 15) is 9.59 Å². The molecule has 1 aromatic rings. The van der Waals surface area contributed by atoms with E-state index in [0.29, 0.717) is 70.1 Å². The molecule has 0 aromatic heterocycles. The number of carbonyl (C=O) groups excluding carboxylic acids is 2. The van der Waals surface area contributed by atoms with E-state index in [0.717, 1.165) is 73.2 Å². The Morgan fingerprint density at radius 1 is 0.877 bits per heavy atom. The van der Waals surface area contributed by atoms with Gasteiger partial charge in [0.1, 0.15) is 12.1 Å². The van der Waals surface area contributed by atoms with Crippen molar-refractivity contribution in [1.82, 2.24) is 16.0 Å². The molecule has 0 radical (unpaired) electrons. The highest BCUT2D eigenvalue weighted by Crippen LogP contribution is 2.67. The van der Waals surface area contributed by atoms with Gasteiger partial charge in [-0.3, -0.25) is 9.79 Å². The number of nitrogens with two attached hydrogens (primary N) is 3. The summed E-state index contributed by atoms with van der Waals surface area (Å²) in [6.07, 6.45) is 20.2. The summed E-state index contributed by atoms with van der Waals surface area (Å²) >= 11 is 0. The molecule has 0 saturated heterocycles. The molecule has 0 aliphatic heterocycles. The standard InChI is InChI=1S/C52H86N8O5/c1-36(2)13-12-14-37(3)44-20-21-45-43-19-18-40-34-42(22-24-51(40,5)46(43)23-25-52(44,45)6)65-50(62)59-41(33-39-15-8-7-9-16-39)35-56-27-29-63-31-32-64-30-28-58-48(61)47(60-49(54)55)17-10-11-26-57-38(4)53/h7-9,15-16,18,35-37,41-47,57H,4,10-14,17,19-34,53H2,1-3,5-6H3,(H,58,61)(H,59,62)(H4,54,55,60). The minimum absolute atomic E-state index is 0.119. The van der Waals surface area contributed by atoms with Crippen LogP contribution in [0.4, 0.5) is 4.79 Å². The second kappa shape index (κ2) is 25.7. The minimum Gasteiger partial charge on any atom is -0.446 e. The molecule has 10 unspecified atom stereocenters. The molecule has 10 atom stereocenters. The number of allylic oxidation sites excluding steroid dienone is 1. The van der Waals surface area contributed by atoms with Crippen LogP contribution in [0.5, 0.6) is 0 Å². The van der Waals surface area contributed by atoms with E-state index in [1.54, 1.807) is 6.21 Å². The first-order valence-electron chi connectivity index (χ1n) is 25.1. The van der Waals surface area contributed by atoms with E-state index in [1.165, 1.54) is 56.9 Å². The van der Waals surface area contributed by atoms with Gasteiger partial charge in [0.15, 0.2) is 5.96 Å². The Morgan fingerprint density at radius 2 is 1.65 bits per heavy atom. The van der Waals surface area contributed by atoms with Crippen LogP contribution in [-0.2, 0) is 25.4 Å². The van der Waals surface area contributed by atoms with Gasteiger partial charge < -0.3 is 47.4 Å². The second-order valence-electron chi connectivity index (χ2n) is 20.6. The number of aliphatic imine (C=N–C) groups is 2. The predicted molar refractivity (Wildman–Crippen MR) is 263 cm³/mol. The summed E-state index contributed by atoms with van der Waals surface area (Å²) in [4.78, 5) is 34.9. The van der Waals surface area contributed by atoms with Gasteiger partial charge in [-0.1, -0.05) is 102 Å². The fourth-order valence-electron chi connectivity index (χ4n) is 12.2. The monoisotopic (exact) mass is 903 g/mol. The Morgan fingerprint density at radius 3 is 2.38 bits per heavy atom. The SMILES string of the molecule is C=C(N)NCCCCC(N=C(N)N)C(=O)NCCOCCOCCN=CC(Cc1ccccc1)NC(=O)OC1CCC2(C)C(=CCC3C2CCC2(C)C(C(C)CCCC(C)C)CCC32)C1. The maximum atomic E-state index is 13.5. The number of alkyl carbamates (subject to hydrolysis) is 1. The van der Waals surface area contributed by atoms with Gasteiger partial charge in [0, 0.05) is 25.7 Å². The van der Waals surface area contributed by atoms with Crippen LogP contribution in [0.2, 0.25) is 0 Å². The van der Waals surface area contributed by atoms with Crippen LogP contribution < -0.4 is 33.2 Å². The number of ether oxygens (including phenoxy) is 3. The van der Waals surface area contributed by atoms with Crippen molar-refractivity contribution >= 4 is 24.2 Å². The Kier molecular flexibility index (Phi) is 20.5. The van der Waals surface area contributed by atoms with Crippen molar-refractivity contribution in [2.75, 3.05) is 46.1 Å². The van der Waals surface area contributed by atoms with Crippen molar-refractivity contribution in [3.63, 3.8) is 0 Å². The van der Waals surface area contributed by atoms with Gasteiger partial charge >= 0.3 is 6.09 Å². The first kappa shape index (κ1) is 51.9. The summed E-state index contributed by atoms with van der Waals surface area (Å²) in [6.45, 7) is 19.0. The number of hydrogen-bond acceptors (Lipinski definition) is 9. The van der Waals surface area contributed by atoms with Crippen molar-refractivity contribution in [2.45, 2.75) is 149 Å². The molecular weight excluding hydrogens is 817 g/mol. The quantitative estimate of drug-likeness (QED) is 0.0221. The molecule has 5 rings (SSSR count). The van der Waals surface area contributed by atoms with E-state index in [2.05, 4.69) is 85.3 Å². The molecule has 3 saturated carbocycles. The zero-order valence-corrected chi connectivity index (χ0v) is 40.7. The first-order valence-corrected chi connectivity index (χ1v) is 25.1. The van der Waals surface area contributed by atoms with Crippen LogP contribution in [0.1, 0.15) is 130 Å². The lowest BCUT2D eigenvalue weighted by Crippen LogP contribution is -2.51. The van der Waals surface area contributed by atoms with Crippen molar-refractivity contribution in [3.05, 3.63) is 59.9 Å². The van der Waals surface area contributed by atoms with Gasteiger partial charge in [-0.25, -0.2) is 9.79 Å². The van der Waals surface area contributed by atoms with Crippen LogP contribution in [0, 0.1) is 46.3 Å². The number of amides is 2. The third-order valence-electron chi connectivity index (χ3n) is 15.6. The van der Waals surface area contributed by atoms with E-state index >= 15 is 0 Å². The number of unbranched alkanes of at least 4 members (excludes halogenated alkanes) is 1. The zero-order chi connectivity index (χ0) is 46.8. The number of nitrogens with zero attached hydrogens (tertiary/aromatic N) is 2. The lowest BCUT2D eigenvalue weighted by Gasteiger charge is -2.58. The van der Waals surface area contributed by atoms with Crippen LogP contribution in [0.25, 0.3) is 0 Å². The molecule has 0 spiro atoms. The van der Waals surface area contributed by atoms with Crippen LogP contribution in [-0.4, -0.2) is 88.4 Å². The Hall–Kier alpha value is -4.10. The molecule has 65 heavy (non-hydrogen) atoms. The molecule has 4 aliphatic rings. The summed E-state index contributed by atoms with van der Waals surface area (Å²) in [5, 5.41) is 8.92. The average molecular weight is 903 g/mol. The zero-order valence-electron chi connectivity index (χ0n) is 40.7. The summed E-state index contributed by atoms with van der Waals surface area (Å²) < 4.78 is 17.6. The number of guanidine groups is 1. The highest BCUT2D eigenvalue weighted by Gasteiger charge is 2.59. The Labute approximate surface area is 391 Å². The smallest absolute Gasteiger partial charge is 0.407 e. The summed E-state index contributed by atoms with van der Waals surface area (Å²) in [6, 6.07) is 9.14. The van der Waals surface area contributed by atoms with Gasteiger partial charge in [-0.2, -0.15) is 0 Å². The molecule has 364 valence electrons. The van der Waals surface area contributed by atoms with Crippen LogP contribution in [0.3, 0.4) is 0 Å². The summed E-state index contributed by atoms with van der Waals surface area (Å²) in [5.41, 5.74) is 20.0. The fourth-order valence-corrected chi connectivity index (χ4v) is 12.2. The summed E-state index contributed by atoms with van der Waals surface area (Å²) in [7, 11) is 0. The number of rotatable bonds is 27. The number of nitrogens with one attached hydrogen (secondary N) is 3. The van der Waals surface area contributed by atoms with Gasteiger partial charge in [-0.05, 0) is 123 Å². The average Bonchev–Trinajstić information content (AvgIpc) is 3.62. The molecule has 1 aromatic carbocycles. The molecule has 13 nitrogen and oxygen atoms in total. The number of carbonyl (C=O) groups is 2. The maximum absolute atomic E-state index is 13.5. The van der Waals surface area contributed by atoms with Crippen molar-refractivity contribution in [2.24, 2.45) is 73.5 Å². The molecule has 2 amide bonds. The lowest BCUT2D eigenvalue weighted by atomic mass is 9.47. The number of fused-ring (bicyclic) bond motifs is 5. The Bertz CT molecular complexity index is 1730. The predicted octanol–water partition coefficient (Wildman–Crippen LogP) is 7.79.